The quantitative estimate of drug-likeness (QED) is 0.121. The molecule has 0 aliphatic heterocycles. The molecule has 258 valence electrons. The fourth-order valence-electron chi connectivity index (χ4n) is 4.68. The summed E-state index contributed by atoms with van der Waals surface area (Å²) in [5.74, 6) is -4.22. The van der Waals surface area contributed by atoms with E-state index in [1.165, 1.54) is 26.9 Å². The summed E-state index contributed by atoms with van der Waals surface area (Å²) in [7, 11) is 2.46. The molecule has 0 aliphatic rings. The fraction of sp³-hybridized carbons (Fsp3) is 0.438. The van der Waals surface area contributed by atoms with Crippen LogP contribution in [0.15, 0.2) is 36.9 Å². The highest BCUT2D eigenvalue weighted by molar-refractivity contribution is 6.06. The maximum Gasteiger partial charge on any atom is 0.328 e. The Hall–Kier alpha value is -5.54. The number of nitrogens with zero attached hydrogens (tertiary/aromatic N) is 2. The van der Waals surface area contributed by atoms with E-state index < -0.39 is 47.7 Å². The van der Waals surface area contributed by atoms with Crippen LogP contribution in [0.5, 0.6) is 0 Å². The number of rotatable bonds is 16. The summed E-state index contributed by atoms with van der Waals surface area (Å²) in [6.45, 7) is 7.51. The van der Waals surface area contributed by atoms with Gasteiger partial charge in [-0.1, -0.05) is 64.8 Å². The van der Waals surface area contributed by atoms with Crippen molar-refractivity contribution in [2.75, 3.05) is 14.2 Å². The molecule has 2 unspecified atom stereocenters. The van der Waals surface area contributed by atoms with Gasteiger partial charge in [0.2, 0.25) is 0 Å². The van der Waals surface area contributed by atoms with Crippen LogP contribution in [0.4, 0.5) is 0 Å². The Balaban J connectivity index is 1.61. The molecule has 4 amide bonds. The van der Waals surface area contributed by atoms with Crippen molar-refractivity contribution in [1.29, 1.82) is 0 Å². The van der Waals surface area contributed by atoms with Crippen molar-refractivity contribution in [3.05, 3.63) is 70.8 Å². The van der Waals surface area contributed by atoms with Gasteiger partial charge in [0.05, 0.1) is 26.9 Å². The standard InChI is InChI=1S/C32H42N8O8/c1-7-17(3)21(31(45)47-5)39-29(43)25-23(35-15-37-25)27(41)33-13-19-10-9-11-20(12-19)14-34-28(42)24-26(38-16-36-24)30(44)40-22(18(4)8-2)32(46)48-6/h9-12,15-18,21-22H,7-8,13-14H2,1-6H3,(H,33,41)(H,34,42)(H,35,37)(H,36,38)(H,39,43)(H,40,44)/t17?,18?,21-,22-/m0/s1. The van der Waals surface area contributed by atoms with E-state index in [-0.39, 0.29) is 47.7 Å². The van der Waals surface area contributed by atoms with Gasteiger partial charge in [-0.3, -0.25) is 19.2 Å². The Labute approximate surface area is 277 Å². The largest absolute Gasteiger partial charge is 0.467 e. The third kappa shape index (κ3) is 9.27. The van der Waals surface area contributed by atoms with E-state index >= 15 is 0 Å². The van der Waals surface area contributed by atoms with Gasteiger partial charge in [0, 0.05) is 13.1 Å². The number of hydrogen-bond acceptors (Lipinski definition) is 10. The van der Waals surface area contributed by atoms with Crippen molar-refractivity contribution in [1.82, 2.24) is 41.2 Å². The lowest BCUT2D eigenvalue weighted by atomic mass is 9.99. The van der Waals surface area contributed by atoms with E-state index in [1.807, 2.05) is 13.8 Å². The lowest BCUT2D eigenvalue weighted by Gasteiger charge is -2.21. The van der Waals surface area contributed by atoms with Crippen LogP contribution in [0.25, 0.3) is 0 Å². The molecule has 6 N–H and O–H groups in total. The van der Waals surface area contributed by atoms with Crippen molar-refractivity contribution in [2.24, 2.45) is 11.8 Å². The Morgan fingerprint density at radius 2 is 1.08 bits per heavy atom. The predicted octanol–water partition coefficient (Wildman–Crippen LogP) is 1.63. The molecule has 3 aromatic rings. The number of benzene rings is 1. The number of carbonyl (C=O) groups excluding carboxylic acids is 6. The number of ether oxygens (including phenoxy) is 2. The summed E-state index contributed by atoms with van der Waals surface area (Å²) in [6, 6.07) is 5.23. The van der Waals surface area contributed by atoms with Gasteiger partial charge in [-0.05, 0) is 23.0 Å². The Morgan fingerprint density at radius 1 is 0.688 bits per heavy atom. The summed E-state index contributed by atoms with van der Waals surface area (Å²) in [5.41, 5.74) is 0.894. The molecule has 2 aromatic heterocycles. The fourth-order valence-corrected chi connectivity index (χ4v) is 4.68. The molecule has 2 heterocycles. The lowest BCUT2D eigenvalue weighted by molar-refractivity contribution is -0.145. The van der Waals surface area contributed by atoms with Crippen LogP contribution in [0.2, 0.25) is 0 Å². The SMILES string of the molecule is CCC(C)[C@H](NC(=O)c1nc[nH]c1C(=O)NCc1cccc(CNC(=O)c2[nH]cnc2C(=O)N[C@H](C(=O)OC)C(C)CC)c1)C(=O)OC. The molecule has 0 aliphatic carbocycles. The molecule has 0 fully saturated rings. The second kappa shape index (κ2) is 17.4. The van der Waals surface area contributed by atoms with E-state index in [1.54, 1.807) is 38.1 Å². The molecule has 3 rings (SSSR count). The average molecular weight is 667 g/mol. The van der Waals surface area contributed by atoms with Crippen molar-refractivity contribution in [3.8, 4) is 0 Å². The van der Waals surface area contributed by atoms with Gasteiger partial charge in [0.1, 0.15) is 23.5 Å². The van der Waals surface area contributed by atoms with Gasteiger partial charge in [-0.15, -0.1) is 0 Å². The van der Waals surface area contributed by atoms with E-state index in [4.69, 9.17) is 9.47 Å². The van der Waals surface area contributed by atoms with E-state index in [0.29, 0.717) is 24.0 Å². The van der Waals surface area contributed by atoms with E-state index in [9.17, 15) is 28.8 Å². The number of methoxy groups -OCH3 is 2. The molecule has 16 nitrogen and oxygen atoms in total. The smallest absolute Gasteiger partial charge is 0.328 e. The van der Waals surface area contributed by atoms with Crippen molar-refractivity contribution >= 4 is 35.6 Å². The Morgan fingerprint density at radius 3 is 1.44 bits per heavy atom. The molecule has 0 saturated heterocycles. The maximum absolute atomic E-state index is 13.0. The molecule has 0 radical (unpaired) electrons. The third-order valence-electron chi connectivity index (χ3n) is 7.97. The molecular formula is C32H42N8O8. The van der Waals surface area contributed by atoms with E-state index in [0.717, 1.165) is 0 Å². The zero-order valence-electron chi connectivity index (χ0n) is 27.8. The summed E-state index contributed by atoms with van der Waals surface area (Å²) in [5, 5.41) is 10.7. The topological polar surface area (TPSA) is 226 Å². The predicted molar refractivity (Wildman–Crippen MR) is 171 cm³/mol. The van der Waals surface area contributed by atoms with Crippen LogP contribution in [0.1, 0.15) is 93.6 Å². The van der Waals surface area contributed by atoms with Crippen LogP contribution in [0.3, 0.4) is 0 Å². The van der Waals surface area contributed by atoms with Gasteiger partial charge in [-0.2, -0.15) is 0 Å². The number of aromatic nitrogens is 4. The zero-order valence-corrected chi connectivity index (χ0v) is 27.8. The third-order valence-corrected chi connectivity index (χ3v) is 7.97. The van der Waals surface area contributed by atoms with Crippen LogP contribution < -0.4 is 21.3 Å². The van der Waals surface area contributed by atoms with Gasteiger partial charge in [-0.25, -0.2) is 19.6 Å². The first-order chi connectivity index (χ1) is 22.9. The molecule has 0 bridgehead atoms. The van der Waals surface area contributed by atoms with E-state index in [2.05, 4.69) is 41.2 Å². The van der Waals surface area contributed by atoms with Crippen molar-refractivity contribution in [2.45, 2.75) is 65.7 Å². The van der Waals surface area contributed by atoms with Gasteiger partial charge in [0.25, 0.3) is 23.6 Å². The average Bonchev–Trinajstić information content (AvgIpc) is 3.81. The number of H-pyrrole nitrogens is 2. The maximum atomic E-state index is 13.0. The summed E-state index contributed by atoms with van der Waals surface area (Å²) >= 11 is 0. The van der Waals surface area contributed by atoms with Crippen LogP contribution in [-0.4, -0.2) is 81.8 Å². The highest BCUT2D eigenvalue weighted by Crippen LogP contribution is 2.14. The van der Waals surface area contributed by atoms with Crippen LogP contribution in [0, 0.1) is 11.8 Å². The molecular weight excluding hydrogens is 624 g/mol. The first-order valence-electron chi connectivity index (χ1n) is 15.4. The number of esters is 2. The minimum atomic E-state index is -0.908. The Bertz CT molecular complexity index is 1500. The first kappa shape index (κ1) is 36.9. The highest BCUT2D eigenvalue weighted by Gasteiger charge is 2.31. The molecule has 48 heavy (non-hydrogen) atoms. The molecule has 4 atom stereocenters. The normalized spacial score (nSPS) is 13.3. The van der Waals surface area contributed by atoms with Crippen LogP contribution >= 0.6 is 0 Å². The molecule has 16 heteroatoms. The number of hydrogen-bond donors (Lipinski definition) is 6. The van der Waals surface area contributed by atoms with Gasteiger partial charge in [0.15, 0.2) is 11.4 Å². The Kier molecular flexibility index (Phi) is 13.4. The number of aromatic amines is 2. The number of carbonyl (C=O) groups is 6. The van der Waals surface area contributed by atoms with Crippen LogP contribution in [-0.2, 0) is 32.2 Å². The second-order valence-corrected chi connectivity index (χ2v) is 11.2. The van der Waals surface area contributed by atoms with Crippen molar-refractivity contribution in [3.63, 3.8) is 0 Å². The second-order valence-electron chi connectivity index (χ2n) is 11.2. The highest BCUT2D eigenvalue weighted by atomic mass is 16.5. The molecule has 0 saturated carbocycles. The first-order valence-corrected chi connectivity index (χ1v) is 15.4. The van der Waals surface area contributed by atoms with Crippen molar-refractivity contribution < 1.29 is 38.2 Å². The lowest BCUT2D eigenvalue weighted by Crippen LogP contribution is -2.46. The zero-order chi connectivity index (χ0) is 35.4. The number of nitrogens with one attached hydrogen (secondary N) is 6. The van der Waals surface area contributed by atoms with Gasteiger partial charge < -0.3 is 40.7 Å². The number of amides is 4. The number of imidazole rings is 2. The molecule has 0 spiro atoms. The molecule has 1 aromatic carbocycles. The monoisotopic (exact) mass is 666 g/mol. The summed E-state index contributed by atoms with van der Waals surface area (Å²) in [6.07, 6.45) is 3.63. The minimum Gasteiger partial charge on any atom is -0.467 e. The van der Waals surface area contributed by atoms with Gasteiger partial charge >= 0.3 is 11.9 Å². The summed E-state index contributed by atoms with van der Waals surface area (Å²) in [4.78, 5) is 89.5. The summed E-state index contributed by atoms with van der Waals surface area (Å²) < 4.78 is 9.61. The minimum absolute atomic E-state index is 0.0786.